The average molecular weight is 492 g/mol. The Labute approximate surface area is 205 Å². The lowest BCUT2D eigenvalue weighted by atomic mass is 10.2. The van der Waals surface area contributed by atoms with Crippen LogP contribution >= 0.6 is 11.8 Å². The Morgan fingerprint density at radius 1 is 0.971 bits per heavy atom. The van der Waals surface area contributed by atoms with Crippen LogP contribution < -0.4 is 15.4 Å². The van der Waals surface area contributed by atoms with Gasteiger partial charge in [-0.1, -0.05) is 42.1 Å². The summed E-state index contributed by atoms with van der Waals surface area (Å²) in [4.78, 5) is 24.2. The molecule has 4 aromatic rings. The van der Waals surface area contributed by atoms with Crippen LogP contribution in [-0.4, -0.2) is 39.4 Å². The highest BCUT2D eigenvalue weighted by atomic mass is 32.2. The Balaban J connectivity index is 1.45. The van der Waals surface area contributed by atoms with Crippen LogP contribution in [0.3, 0.4) is 0 Å². The van der Waals surface area contributed by atoms with E-state index in [9.17, 15) is 14.0 Å². The maximum atomic E-state index is 14.0. The van der Waals surface area contributed by atoms with E-state index < -0.39 is 5.82 Å². The second-order valence-electron chi connectivity index (χ2n) is 7.28. The van der Waals surface area contributed by atoms with E-state index in [1.807, 2.05) is 30.3 Å². The molecule has 2 N–H and O–H groups in total. The number of halogens is 1. The molecule has 4 rings (SSSR count). The predicted molar refractivity (Wildman–Crippen MR) is 131 cm³/mol. The van der Waals surface area contributed by atoms with E-state index in [1.54, 1.807) is 54.1 Å². The van der Waals surface area contributed by atoms with Crippen LogP contribution in [0.5, 0.6) is 5.75 Å². The molecular formula is C25H22FN5O3S. The molecule has 0 spiro atoms. The van der Waals surface area contributed by atoms with Gasteiger partial charge >= 0.3 is 0 Å². The van der Waals surface area contributed by atoms with Crippen molar-refractivity contribution in [1.29, 1.82) is 0 Å². The molecule has 0 aliphatic heterocycles. The first-order chi connectivity index (χ1) is 17.0. The van der Waals surface area contributed by atoms with Crippen LogP contribution in [0.4, 0.5) is 10.1 Å². The molecule has 178 valence electrons. The minimum atomic E-state index is -0.465. The number of ether oxygens (including phenoxy) is 1. The summed E-state index contributed by atoms with van der Waals surface area (Å²) in [6.07, 6.45) is 0. The lowest BCUT2D eigenvalue weighted by molar-refractivity contribution is -0.113. The van der Waals surface area contributed by atoms with Crippen molar-refractivity contribution < 1.29 is 18.7 Å². The summed E-state index contributed by atoms with van der Waals surface area (Å²) < 4.78 is 21.3. The fourth-order valence-electron chi connectivity index (χ4n) is 3.20. The normalized spacial score (nSPS) is 10.6. The Morgan fingerprint density at radius 2 is 1.69 bits per heavy atom. The summed E-state index contributed by atoms with van der Waals surface area (Å²) in [5.74, 6) is -0.245. The molecule has 0 atom stereocenters. The van der Waals surface area contributed by atoms with Gasteiger partial charge in [0.05, 0.1) is 5.75 Å². The minimum Gasteiger partial charge on any atom is -0.483 e. The van der Waals surface area contributed by atoms with Gasteiger partial charge in [0, 0.05) is 24.0 Å². The molecule has 0 saturated carbocycles. The van der Waals surface area contributed by atoms with E-state index in [1.165, 1.54) is 17.8 Å². The molecule has 2 amide bonds. The highest BCUT2D eigenvalue weighted by Crippen LogP contribution is 2.24. The molecule has 0 aliphatic carbocycles. The number of para-hydroxylation sites is 2. The monoisotopic (exact) mass is 491 g/mol. The number of hydrogen-bond acceptors (Lipinski definition) is 6. The Hall–Kier alpha value is -4.18. The van der Waals surface area contributed by atoms with Crippen LogP contribution in [-0.2, 0) is 11.4 Å². The van der Waals surface area contributed by atoms with Crippen LogP contribution in [0.1, 0.15) is 16.2 Å². The van der Waals surface area contributed by atoms with Crippen LogP contribution in [0.25, 0.3) is 5.69 Å². The molecule has 0 aliphatic rings. The number of amides is 2. The number of carbonyl (C=O) groups is 2. The summed E-state index contributed by atoms with van der Waals surface area (Å²) in [7, 11) is 1.56. The lowest BCUT2D eigenvalue weighted by Crippen LogP contribution is -2.18. The van der Waals surface area contributed by atoms with Crippen molar-refractivity contribution in [3.63, 3.8) is 0 Å². The highest BCUT2D eigenvalue weighted by Gasteiger charge is 2.17. The zero-order chi connectivity index (χ0) is 24.6. The van der Waals surface area contributed by atoms with E-state index in [4.69, 9.17) is 4.74 Å². The standard InChI is InChI=1S/C25H22FN5O3S/c1-27-24(33)17-11-13-18(14-12-17)28-23(32)16-35-25-30-29-22(31(25)19-7-3-2-4-8-19)15-34-21-10-6-5-9-20(21)26/h2-14H,15-16H2,1H3,(H,27,33)(H,28,32). The van der Waals surface area contributed by atoms with Gasteiger partial charge in [0.25, 0.3) is 5.91 Å². The fraction of sp³-hybridized carbons (Fsp3) is 0.120. The van der Waals surface area contributed by atoms with Crippen molar-refractivity contribution in [2.45, 2.75) is 11.8 Å². The van der Waals surface area contributed by atoms with Crippen molar-refractivity contribution in [2.75, 3.05) is 18.1 Å². The van der Waals surface area contributed by atoms with Crippen molar-refractivity contribution in [3.8, 4) is 11.4 Å². The number of nitrogens with one attached hydrogen (secondary N) is 2. The topological polar surface area (TPSA) is 98.1 Å². The van der Waals surface area contributed by atoms with Gasteiger partial charge in [-0.3, -0.25) is 14.2 Å². The van der Waals surface area contributed by atoms with Crippen molar-refractivity contribution in [1.82, 2.24) is 20.1 Å². The summed E-state index contributed by atoms with van der Waals surface area (Å²) >= 11 is 1.21. The number of aromatic nitrogens is 3. The first-order valence-corrected chi connectivity index (χ1v) is 11.7. The minimum absolute atomic E-state index is 0.00668. The molecule has 1 aromatic heterocycles. The van der Waals surface area contributed by atoms with Crippen LogP contribution in [0.2, 0.25) is 0 Å². The third-order valence-corrected chi connectivity index (χ3v) is 5.83. The second-order valence-corrected chi connectivity index (χ2v) is 8.22. The maximum Gasteiger partial charge on any atom is 0.251 e. The molecule has 8 nitrogen and oxygen atoms in total. The summed E-state index contributed by atoms with van der Waals surface area (Å²) in [6.45, 7) is -0.00668. The number of nitrogens with zero attached hydrogens (tertiary/aromatic N) is 3. The molecule has 0 bridgehead atoms. The molecule has 0 unspecified atom stereocenters. The molecule has 10 heteroatoms. The van der Waals surface area contributed by atoms with E-state index in [-0.39, 0.29) is 29.9 Å². The zero-order valence-corrected chi connectivity index (χ0v) is 19.6. The molecule has 0 fully saturated rings. The smallest absolute Gasteiger partial charge is 0.251 e. The van der Waals surface area contributed by atoms with Gasteiger partial charge in [-0.2, -0.15) is 0 Å². The van der Waals surface area contributed by atoms with E-state index in [0.29, 0.717) is 22.2 Å². The quantitative estimate of drug-likeness (QED) is 0.343. The third-order valence-electron chi connectivity index (χ3n) is 4.90. The molecule has 0 saturated heterocycles. The number of hydrogen-bond donors (Lipinski definition) is 2. The largest absolute Gasteiger partial charge is 0.483 e. The number of benzene rings is 3. The Morgan fingerprint density at radius 3 is 2.40 bits per heavy atom. The van der Waals surface area contributed by atoms with Gasteiger partial charge in [-0.05, 0) is 48.5 Å². The molecule has 35 heavy (non-hydrogen) atoms. The first kappa shape index (κ1) is 24.0. The summed E-state index contributed by atoms with van der Waals surface area (Å²) in [6, 6.07) is 22.1. The molecule has 1 heterocycles. The summed E-state index contributed by atoms with van der Waals surface area (Å²) in [5, 5.41) is 14.3. The predicted octanol–water partition coefficient (Wildman–Crippen LogP) is 4.08. The SMILES string of the molecule is CNC(=O)c1ccc(NC(=O)CSc2nnc(COc3ccccc3F)n2-c2ccccc2)cc1. The number of anilines is 1. The number of thioether (sulfide) groups is 1. The highest BCUT2D eigenvalue weighted by molar-refractivity contribution is 7.99. The van der Waals surface area contributed by atoms with E-state index in [0.717, 1.165) is 5.69 Å². The molecule has 3 aromatic carbocycles. The molecular weight excluding hydrogens is 469 g/mol. The Kier molecular flexibility index (Phi) is 7.74. The van der Waals surface area contributed by atoms with Gasteiger partial charge in [-0.15, -0.1) is 10.2 Å². The maximum absolute atomic E-state index is 14.0. The summed E-state index contributed by atoms with van der Waals surface area (Å²) in [5.41, 5.74) is 1.87. The van der Waals surface area contributed by atoms with Crippen molar-refractivity contribution >= 4 is 29.3 Å². The van der Waals surface area contributed by atoms with Gasteiger partial charge in [0.2, 0.25) is 5.91 Å². The molecule has 0 radical (unpaired) electrons. The van der Waals surface area contributed by atoms with Gasteiger partial charge < -0.3 is 15.4 Å². The second kappa shape index (κ2) is 11.3. The number of rotatable bonds is 9. The van der Waals surface area contributed by atoms with E-state index >= 15 is 0 Å². The van der Waals surface area contributed by atoms with Crippen LogP contribution in [0.15, 0.2) is 84.0 Å². The van der Waals surface area contributed by atoms with Gasteiger partial charge in [-0.25, -0.2) is 4.39 Å². The van der Waals surface area contributed by atoms with Gasteiger partial charge in [0.15, 0.2) is 22.5 Å². The average Bonchev–Trinajstić information content (AvgIpc) is 3.30. The van der Waals surface area contributed by atoms with E-state index in [2.05, 4.69) is 20.8 Å². The van der Waals surface area contributed by atoms with Crippen molar-refractivity contribution in [3.05, 3.63) is 96.1 Å². The fourth-order valence-corrected chi connectivity index (χ4v) is 3.98. The lowest BCUT2D eigenvalue weighted by Gasteiger charge is -2.11. The van der Waals surface area contributed by atoms with Crippen molar-refractivity contribution in [2.24, 2.45) is 0 Å². The Bertz CT molecular complexity index is 1310. The third kappa shape index (κ3) is 6.04. The van der Waals surface area contributed by atoms with Crippen LogP contribution in [0, 0.1) is 5.82 Å². The zero-order valence-electron chi connectivity index (χ0n) is 18.8. The van der Waals surface area contributed by atoms with Gasteiger partial charge in [0.1, 0.15) is 6.61 Å². The number of carbonyl (C=O) groups excluding carboxylic acids is 2. The first-order valence-electron chi connectivity index (χ1n) is 10.7.